The van der Waals surface area contributed by atoms with Gasteiger partial charge in [-0.05, 0) is 57.8 Å². The molecule has 0 heterocycles. The predicted octanol–water partition coefficient (Wildman–Crippen LogP) is 27.2. The standard InChI is InChI=1S/C83H161NO5/c1-3-5-7-9-11-13-15-17-19-21-40-43-47-51-55-59-63-67-71-75-81(86)80(79-85)84-82(87)76-72-68-64-60-56-52-48-44-41-38-36-34-32-30-28-26-24-23-25-27-29-31-33-35-37-39-42-46-50-54-58-62-66-70-74-78-89-83(88)77-73-69-65-61-57-53-49-45-22-20-18-16-14-12-10-8-6-4-2/h25,27,31,33,80-81,85-86H,3-24,26,28-30,32,34-79H2,1-2H3,(H,84,87)/b27-25-,33-31-. The maximum absolute atomic E-state index is 12.6. The Morgan fingerprint density at radius 3 is 0.854 bits per heavy atom. The fraction of sp³-hybridized carbons (Fsp3) is 0.928. The Morgan fingerprint density at radius 2 is 0.562 bits per heavy atom. The second-order valence-corrected chi connectivity index (χ2v) is 28.5. The Bertz CT molecular complexity index is 1400. The summed E-state index contributed by atoms with van der Waals surface area (Å²) >= 11 is 0. The van der Waals surface area contributed by atoms with Crippen molar-refractivity contribution in [3.05, 3.63) is 24.3 Å². The molecule has 6 nitrogen and oxygen atoms in total. The van der Waals surface area contributed by atoms with Gasteiger partial charge in [-0.2, -0.15) is 0 Å². The van der Waals surface area contributed by atoms with Crippen molar-refractivity contribution in [2.75, 3.05) is 13.2 Å². The average molecular weight is 1250 g/mol. The van der Waals surface area contributed by atoms with Gasteiger partial charge < -0.3 is 20.3 Å². The van der Waals surface area contributed by atoms with E-state index in [-0.39, 0.29) is 18.5 Å². The lowest BCUT2D eigenvalue weighted by Gasteiger charge is -2.22. The van der Waals surface area contributed by atoms with Gasteiger partial charge >= 0.3 is 5.97 Å². The lowest BCUT2D eigenvalue weighted by atomic mass is 10.0. The Morgan fingerprint density at radius 1 is 0.315 bits per heavy atom. The van der Waals surface area contributed by atoms with Crippen molar-refractivity contribution in [2.24, 2.45) is 0 Å². The molecule has 1 amide bonds. The topological polar surface area (TPSA) is 95.9 Å². The number of hydrogen-bond acceptors (Lipinski definition) is 5. The van der Waals surface area contributed by atoms with E-state index in [1.54, 1.807) is 0 Å². The van der Waals surface area contributed by atoms with Gasteiger partial charge in [0.05, 0.1) is 25.4 Å². The van der Waals surface area contributed by atoms with E-state index >= 15 is 0 Å². The average Bonchev–Trinajstić information content (AvgIpc) is 3.62. The summed E-state index contributed by atoms with van der Waals surface area (Å²) in [5, 5.41) is 23.4. The molecule has 0 rings (SSSR count). The van der Waals surface area contributed by atoms with Gasteiger partial charge in [-0.15, -0.1) is 0 Å². The van der Waals surface area contributed by atoms with Crippen LogP contribution in [0.15, 0.2) is 24.3 Å². The van der Waals surface area contributed by atoms with Crippen molar-refractivity contribution in [1.82, 2.24) is 5.32 Å². The van der Waals surface area contributed by atoms with Crippen LogP contribution in [0.1, 0.15) is 470 Å². The number of aliphatic hydroxyl groups is 2. The largest absolute Gasteiger partial charge is 0.466 e. The minimum Gasteiger partial charge on any atom is -0.466 e. The summed E-state index contributed by atoms with van der Waals surface area (Å²) in [5.74, 6) is -0.00533. The third-order valence-corrected chi connectivity index (χ3v) is 19.5. The normalized spacial score (nSPS) is 12.5. The summed E-state index contributed by atoms with van der Waals surface area (Å²) in [6.07, 6.45) is 101. The van der Waals surface area contributed by atoms with Gasteiger partial charge in [-0.3, -0.25) is 9.59 Å². The monoisotopic (exact) mass is 1250 g/mol. The molecular weight excluding hydrogens is 1090 g/mol. The molecule has 0 aliphatic carbocycles. The van der Waals surface area contributed by atoms with Crippen LogP contribution in [0.25, 0.3) is 0 Å². The van der Waals surface area contributed by atoms with Gasteiger partial charge in [-0.25, -0.2) is 0 Å². The molecule has 0 aliphatic rings. The molecule has 0 aromatic carbocycles. The maximum Gasteiger partial charge on any atom is 0.305 e. The minimum atomic E-state index is -0.663. The smallest absolute Gasteiger partial charge is 0.305 e. The summed E-state index contributed by atoms with van der Waals surface area (Å²) < 4.78 is 5.52. The third kappa shape index (κ3) is 75.3. The quantitative estimate of drug-likeness (QED) is 0.0320. The molecule has 0 saturated heterocycles. The van der Waals surface area contributed by atoms with Crippen molar-refractivity contribution >= 4 is 11.9 Å². The van der Waals surface area contributed by atoms with E-state index in [4.69, 9.17) is 4.74 Å². The maximum atomic E-state index is 12.6. The van der Waals surface area contributed by atoms with Crippen LogP contribution in [0.3, 0.4) is 0 Å². The van der Waals surface area contributed by atoms with Gasteiger partial charge in [0.15, 0.2) is 0 Å². The number of carbonyl (C=O) groups excluding carboxylic acids is 2. The first kappa shape index (κ1) is 87.3. The van der Waals surface area contributed by atoms with Gasteiger partial charge in [0.2, 0.25) is 5.91 Å². The lowest BCUT2D eigenvalue weighted by molar-refractivity contribution is -0.143. The molecule has 0 aromatic rings. The fourth-order valence-corrected chi connectivity index (χ4v) is 13.3. The fourth-order valence-electron chi connectivity index (χ4n) is 13.3. The molecule has 2 atom stereocenters. The molecule has 89 heavy (non-hydrogen) atoms. The zero-order valence-corrected chi connectivity index (χ0v) is 60.7. The van der Waals surface area contributed by atoms with Crippen LogP contribution in [-0.4, -0.2) is 47.4 Å². The van der Waals surface area contributed by atoms with E-state index in [2.05, 4.69) is 43.5 Å². The van der Waals surface area contributed by atoms with Crippen LogP contribution in [0.2, 0.25) is 0 Å². The molecule has 0 aliphatic heterocycles. The molecule has 0 fully saturated rings. The first-order chi connectivity index (χ1) is 44.0. The lowest BCUT2D eigenvalue weighted by Crippen LogP contribution is -2.45. The van der Waals surface area contributed by atoms with E-state index in [0.717, 1.165) is 44.9 Å². The molecule has 0 radical (unpaired) electrons. The Hall–Kier alpha value is -1.66. The number of amides is 1. The molecule has 0 aromatic heterocycles. The van der Waals surface area contributed by atoms with Crippen LogP contribution in [0.5, 0.6) is 0 Å². The van der Waals surface area contributed by atoms with Crippen LogP contribution in [0, 0.1) is 0 Å². The summed E-state index contributed by atoms with van der Waals surface area (Å²) in [6, 6.07) is -0.540. The number of unbranched alkanes of at least 4 members (excludes halogenated alkanes) is 63. The first-order valence-electron chi connectivity index (χ1n) is 41.1. The Kier molecular flexibility index (Phi) is 77.3. The van der Waals surface area contributed by atoms with Crippen molar-refractivity contribution in [3.63, 3.8) is 0 Å². The summed E-state index contributed by atoms with van der Waals surface area (Å²) in [7, 11) is 0. The second-order valence-electron chi connectivity index (χ2n) is 28.5. The van der Waals surface area contributed by atoms with E-state index in [9.17, 15) is 19.8 Å². The van der Waals surface area contributed by atoms with Crippen molar-refractivity contribution in [3.8, 4) is 0 Å². The number of nitrogens with one attached hydrogen (secondary N) is 1. The van der Waals surface area contributed by atoms with Crippen LogP contribution >= 0.6 is 0 Å². The molecule has 2 unspecified atom stereocenters. The number of carbonyl (C=O) groups is 2. The van der Waals surface area contributed by atoms with Crippen molar-refractivity contribution in [2.45, 2.75) is 482 Å². The third-order valence-electron chi connectivity index (χ3n) is 19.5. The van der Waals surface area contributed by atoms with Gasteiger partial charge in [-0.1, -0.05) is 423 Å². The molecule has 0 saturated carbocycles. The van der Waals surface area contributed by atoms with Gasteiger partial charge in [0, 0.05) is 12.8 Å². The summed E-state index contributed by atoms with van der Waals surface area (Å²) in [5.41, 5.74) is 0. The minimum absolute atomic E-state index is 0.0223. The Labute approximate surface area is 558 Å². The number of rotatable bonds is 78. The Balaban J connectivity index is 3.35. The molecule has 3 N–H and O–H groups in total. The number of ether oxygens (including phenoxy) is 1. The number of esters is 1. The number of aliphatic hydroxyl groups excluding tert-OH is 2. The van der Waals surface area contributed by atoms with E-state index in [0.29, 0.717) is 25.9 Å². The van der Waals surface area contributed by atoms with E-state index in [1.165, 1.54) is 392 Å². The predicted molar refractivity (Wildman–Crippen MR) is 393 cm³/mol. The number of allylic oxidation sites excluding steroid dienone is 4. The highest BCUT2D eigenvalue weighted by atomic mass is 16.5. The molecule has 0 bridgehead atoms. The SMILES string of the molecule is CCCCCCCCCCCCCCCCCCCCCC(O)C(CO)NC(=O)CCCCCCCCCCCCCCCCCCC/C=C\C/C=C\CCCCCCCCCCCCCOC(=O)CCCCCCCCCCCCCCCCCCCC. The van der Waals surface area contributed by atoms with E-state index < -0.39 is 12.1 Å². The van der Waals surface area contributed by atoms with Crippen LogP contribution < -0.4 is 5.32 Å². The van der Waals surface area contributed by atoms with Crippen LogP contribution in [-0.2, 0) is 14.3 Å². The summed E-state index contributed by atoms with van der Waals surface area (Å²) in [4.78, 5) is 24.7. The van der Waals surface area contributed by atoms with Gasteiger partial charge in [0.25, 0.3) is 0 Å². The molecule has 528 valence electrons. The first-order valence-corrected chi connectivity index (χ1v) is 41.1. The van der Waals surface area contributed by atoms with Crippen molar-refractivity contribution < 1.29 is 24.5 Å². The van der Waals surface area contributed by atoms with E-state index in [1.807, 2.05) is 0 Å². The van der Waals surface area contributed by atoms with Gasteiger partial charge in [0.1, 0.15) is 0 Å². The molecule has 0 spiro atoms. The highest BCUT2D eigenvalue weighted by molar-refractivity contribution is 5.76. The zero-order chi connectivity index (χ0) is 64.2. The molecule has 6 heteroatoms. The highest BCUT2D eigenvalue weighted by Gasteiger charge is 2.20. The zero-order valence-electron chi connectivity index (χ0n) is 60.7. The number of hydrogen-bond donors (Lipinski definition) is 3. The second kappa shape index (κ2) is 78.8. The van der Waals surface area contributed by atoms with Crippen LogP contribution in [0.4, 0.5) is 0 Å². The highest BCUT2D eigenvalue weighted by Crippen LogP contribution is 2.20. The van der Waals surface area contributed by atoms with Crippen molar-refractivity contribution in [1.29, 1.82) is 0 Å². The molecular formula is C83H161NO5. The summed E-state index contributed by atoms with van der Waals surface area (Å²) in [6.45, 7) is 5.01.